The molecule has 37 heavy (non-hydrogen) atoms. The third-order valence-electron chi connectivity index (χ3n) is 6.90. The summed E-state index contributed by atoms with van der Waals surface area (Å²) in [7, 11) is 0. The molecule has 1 aliphatic carbocycles. The van der Waals surface area contributed by atoms with E-state index in [9.17, 15) is 0 Å². The van der Waals surface area contributed by atoms with Gasteiger partial charge in [-0.25, -0.2) is 9.97 Å². The molecule has 0 spiro atoms. The number of H-pyrrole nitrogens is 1. The third kappa shape index (κ3) is 5.74. The molecule has 7 heteroatoms. The van der Waals surface area contributed by atoms with Crippen LogP contribution in [0.15, 0.2) is 96.3 Å². The molecule has 6 nitrogen and oxygen atoms in total. The highest BCUT2D eigenvalue weighted by Crippen LogP contribution is 2.34. The number of nitrogens with one attached hydrogen (secondary N) is 2. The van der Waals surface area contributed by atoms with Gasteiger partial charge in [0.25, 0.3) is 0 Å². The molecule has 0 amide bonds. The van der Waals surface area contributed by atoms with E-state index >= 15 is 0 Å². The molecule has 0 saturated carbocycles. The first-order chi connectivity index (χ1) is 18.3. The zero-order chi connectivity index (χ0) is 24.9. The van der Waals surface area contributed by atoms with Crippen molar-refractivity contribution in [3.05, 3.63) is 119 Å². The Balaban J connectivity index is 1.19. The van der Waals surface area contributed by atoms with E-state index in [1.807, 2.05) is 36.7 Å². The monoisotopic (exact) mass is 506 g/mol. The first-order valence-corrected chi connectivity index (χ1v) is 13.6. The fourth-order valence-corrected chi connectivity index (χ4v) is 5.73. The molecule has 3 heterocycles. The normalized spacial score (nSPS) is 15.2. The molecule has 6 rings (SSSR count). The van der Waals surface area contributed by atoms with Crippen LogP contribution >= 0.6 is 11.9 Å². The van der Waals surface area contributed by atoms with E-state index in [1.54, 1.807) is 11.9 Å². The highest BCUT2D eigenvalue weighted by molar-refractivity contribution is 7.97. The van der Waals surface area contributed by atoms with Gasteiger partial charge in [0, 0.05) is 25.5 Å². The van der Waals surface area contributed by atoms with E-state index < -0.39 is 0 Å². The summed E-state index contributed by atoms with van der Waals surface area (Å²) in [5, 5.41) is 0.974. The standard InChI is InChI=1S/C30H30N6S/c1-2-10-26-25(9-1)34-28(35-26)21-36(27-11-5-7-24-8-6-18-32-30(24)27)20-23-15-13-22(14-16-23)19-33-37-29-12-3-4-17-31-29/h1-4,6,8-10,12-18,27,33H,5,7,11,19-21H2,(H,34,35). The van der Waals surface area contributed by atoms with E-state index in [2.05, 4.69) is 74.2 Å². The van der Waals surface area contributed by atoms with Gasteiger partial charge in [0.2, 0.25) is 0 Å². The molecule has 0 aliphatic heterocycles. The Bertz CT molecular complexity index is 1420. The van der Waals surface area contributed by atoms with Gasteiger partial charge in [0.1, 0.15) is 10.9 Å². The van der Waals surface area contributed by atoms with E-state index in [1.165, 1.54) is 28.8 Å². The van der Waals surface area contributed by atoms with Crippen LogP contribution in [0.1, 0.15) is 47.1 Å². The fourth-order valence-electron chi connectivity index (χ4n) is 5.09. The molecular formula is C30H30N6S. The number of benzene rings is 2. The molecule has 5 aromatic rings. The summed E-state index contributed by atoms with van der Waals surface area (Å²) in [4.78, 5) is 20.1. The minimum absolute atomic E-state index is 0.272. The minimum atomic E-state index is 0.272. The summed E-state index contributed by atoms with van der Waals surface area (Å²) < 4.78 is 3.41. The first kappa shape index (κ1) is 23.9. The lowest BCUT2D eigenvalue weighted by Gasteiger charge is -2.34. The van der Waals surface area contributed by atoms with Gasteiger partial charge in [-0.15, -0.1) is 0 Å². The van der Waals surface area contributed by atoms with E-state index in [4.69, 9.17) is 9.97 Å². The maximum absolute atomic E-state index is 4.88. The van der Waals surface area contributed by atoms with Gasteiger partial charge in [0.15, 0.2) is 0 Å². The smallest absolute Gasteiger partial charge is 0.121 e. The summed E-state index contributed by atoms with van der Waals surface area (Å²) in [6.07, 6.45) is 7.14. The average Bonchev–Trinajstić information content (AvgIpc) is 3.36. The van der Waals surface area contributed by atoms with Crippen LogP contribution < -0.4 is 4.72 Å². The fraction of sp³-hybridized carbons (Fsp3) is 0.233. The molecule has 1 aliphatic rings. The maximum Gasteiger partial charge on any atom is 0.121 e. The first-order valence-electron chi connectivity index (χ1n) is 12.8. The van der Waals surface area contributed by atoms with Crippen LogP contribution in [0.5, 0.6) is 0 Å². The zero-order valence-electron chi connectivity index (χ0n) is 20.7. The second-order valence-corrected chi connectivity index (χ2v) is 10.4. The molecule has 2 N–H and O–H groups in total. The zero-order valence-corrected chi connectivity index (χ0v) is 21.5. The van der Waals surface area contributed by atoms with Gasteiger partial charge in [-0.2, -0.15) is 0 Å². The van der Waals surface area contributed by atoms with E-state index in [0.717, 1.165) is 54.4 Å². The van der Waals surface area contributed by atoms with Gasteiger partial charge in [-0.05, 0) is 78.2 Å². The quantitative estimate of drug-likeness (QED) is 0.231. The number of imidazole rings is 1. The summed E-state index contributed by atoms with van der Waals surface area (Å²) in [6, 6.07) is 27.7. The van der Waals surface area contributed by atoms with Crippen molar-refractivity contribution in [2.75, 3.05) is 0 Å². The Morgan fingerprint density at radius 2 is 1.70 bits per heavy atom. The van der Waals surface area contributed by atoms with Crippen molar-refractivity contribution in [2.24, 2.45) is 0 Å². The Morgan fingerprint density at radius 1 is 0.865 bits per heavy atom. The van der Waals surface area contributed by atoms with E-state index in [-0.39, 0.29) is 6.04 Å². The molecule has 186 valence electrons. The number of rotatable bonds is 9. The lowest BCUT2D eigenvalue weighted by atomic mass is 9.90. The van der Waals surface area contributed by atoms with Crippen LogP contribution in [-0.4, -0.2) is 24.8 Å². The molecule has 0 fully saturated rings. The van der Waals surface area contributed by atoms with E-state index in [0.29, 0.717) is 0 Å². The van der Waals surface area contributed by atoms with Gasteiger partial charge in [-0.1, -0.05) is 48.5 Å². The van der Waals surface area contributed by atoms with Crippen molar-refractivity contribution in [2.45, 2.75) is 50.0 Å². The van der Waals surface area contributed by atoms with Crippen LogP contribution in [0.25, 0.3) is 11.0 Å². The largest absolute Gasteiger partial charge is 0.341 e. The molecule has 1 unspecified atom stereocenters. The number of para-hydroxylation sites is 2. The Kier molecular flexibility index (Phi) is 7.26. The number of fused-ring (bicyclic) bond motifs is 2. The molecular weight excluding hydrogens is 476 g/mol. The van der Waals surface area contributed by atoms with Crippen LogP contribution in [0.2, 0.25) is 0 Å². The Labute approximate surface area is 221 Å². The van der Waals surface area contributed by atoms with Crippen LogP contribution in [0.3, 0.4) is 0 Å². The van der Waals surface area contributed by atoms with Gasteiger partial charge < -0.3 is 4.98 Å². The number of aromatic nitrogens is 4. The van der Waals surface area contributed by atoms with Crippen molar-refractivity contribution in [1.82, 2.24) is 29.6 Å². The van der Waals surface area contributed by atoms with Gasteiger partial charge >= 0.3 is 0 Å². The minimum Gasteiger partial charge on any atom is -0.341 e. The third-order valence-corrected chi connectivity index (χ3v) is 7.64. The molecule has 0 saturated heterocycles. The topological polar surface area (TPSA) is 69.7 Å². The highest BCUT2D eigenvalue weighted by atomic mass is 32.2. The number of hydrogen-bond acceptors (Lipinski definition) is 6. The lowest BCUT2D eigenvalue weighted by Crippen LogP contribution is -2.31. The van der Waals surface area contributed by atoms with Crippen molar-refractivity contribution < 1.29 is 0 Å². The average molecular weight is 507 g/mol. The number of aryl methyl sites for hydroxylation is 1. The summed E-state index contributed by atoms with van der Waals surface area (Å²) in [5.74, 6) is 0.997. The maximum atomic E-state index is 4.88. The van der Waals surface area contributed by atoms with Gasteiger partial charge in [-0.3, -0.25) is 14.6 Å². The molecule has 1 atom stereocenters. The number of hydrogen-bond donors (Lipinski definition) is 2. The van der Waals surface area contributed by atoms with Crippen molar-refractivity contribution in [3.8, 4) is 0 Å². The van der Waals surface area contributed by atoms with Crippen LogP contribution in [0, 0.1) is 0 Å². The number of nitrogens with zero attached hydrogens (tertiary/aromatic N) is 4. The van der Waals surface area contributed by atoms with Crippen molar-refractivity contribution in [3.63, 3.8) is 0 Å². The molecule has 3 aromatic heterocycles. The van der Waals surface area contributed by atoms with Crippen molar-refractivity contribution >= 4 is 23.0 Å². The summed E-state index contributed by atoms with van der Waals surface area (Å²) >= 11 is 1.56. The Hall–Kier alpha value is -3.52. The highest BCUT2D eigenvalue weighted by Gasteiger charge is 2.28. The SMILES string of the molecule is c1ccc(SNCc2ccc(CN(Cc3nc4ccccc4[nH]3)C3CCCc4cccnc43)cc2)nc1. The lowest BCUT2D eigenvalue weighted by molar-refractivity contribution is 0.153. The second kappa shape index (κ2) is 11.3. The predicted octanol–water partition coefficient (Wildman–Crippen LogP) is 6.23. The van der Waals surface area contributed by atoms with Crippen LogP contribution in [0.4, 0.5) is 0 Å². The second-order valence-electron chi connectivity index (χ2n) is 9.47. The number of aromatic amines is 1. The predicted molar refractivity (Wildman–Crippen MR) is 149 cm³/mol. The molecule has 0 bridgehead atoms. The summed E-state index contributed by atoms with van der Waals surface area (Å²) in [5.41, 5.74) is 7.23. The molecule has 0 radical (unpaired) electrons. The van der Waals surface area contributed by atoms with Crippen LogP contribution in [-0.2, 0) is 26.1 Å². The van der Waals surface area contributed by atoms with Crippen molar-refractivity contribution in [1.29, 1.82) is 0 Å². The Morgan fingerprint density at radius 3 is 2.57 bits per heavy atom. The van der Waals surface area contributed by atoms with Gasteiger partial charge in [0.05, 0.1) is 29.3 Å². The number of pyridine rings is 2. The molecule has 2 aromatic carbocycles. The summed E-state index contributed by atoms with van der Waals surface area (Å²) in [6.45, 7) is 2.37.